The summed E-state index contributed by atoms with van der Waals surface area (Å²) in [5.41, 5.74) is 0.135. The number of nitrogens with one attached hydrogen (secondary N) is 1. The smallest absolute Gasteiger partial charge is 0.351 e. The summed E-state index contributed by atoms with van der Waals surface area (Å²) in [6.45, 7) is 1.65. The molecular weight excluding hydrogens is 678 g/mol. The van der Waals surface area contributed by atoms with Crippen LogP contribution >= 0.6 is 0 Å². The van der Waals surface area contributed by atoms with Gasteiger partial charge in [-0.25, -0.2) is 4.79 Å². The minimum Gasteiger partial charge on any atom is -0.497 e. The molecule has 2 bridgehead atoms. The number of hydrogen-bond donors (Lipinski definition) is 2. The number of anilines is 1. The van der Waals surface area contributed by atoms with Gasteiger partial charge in [0.15, 0.2) is 6.23 Å². The van der Waals surface area contributed by atoms with E-state index in [1.54, 1.807) is 57.7 Å². The molecule has 2 N–H and O–H groups in total. The average Bonchev–Trinajstić information content (AvgIpc) is 3.68. The van der Waals surface area contributed by atoms with Crippen LogP contribution < -0.4 is 20.5 Å². The normalized spacial score (nSPS) is 20.5. The fraction of sp³-hybridized carbons (Fsp3) is 0.268. The van der Waals surface area contributed by atoms with Crippen molar-refractivity contribution in [1.82, 2.24) is 9.55 Å². The second-order valence-corrected chi connectivity index (χ2v) is 13.1. The SMILES string of the molecule is COc1ccc(C(OC[C@]23CO[C@@H](C2CC(=O)O)[C@H](n2cc(C)c(NC(=O)c4ccccc4)nc2=O)O3)(c2ccccc2)c2ccc(OC)cc2)cc1. The zero-order valence-electron chi connectivity index (χ0n) is 29.4. The van der Waals surface area contributed by atoms with Gasteiger partial charge in [0.05, 0.1) is 33.9 Å². The highest BCUT2D eigenvalue weighted by Gasteiger charge is 2.63. The Balaban J connectivity index is 1.27. The number of carboxylic acid groups (broad SMARTS) is 1. The number of aliphatic carboxylic acids is 1. The maximum atomic E-state index is 13.6. The molecule has 53 heavy (non-hydrogen) atoms. The minimum absolute atomic E-state index is 0.0363. The Hall–Kier alpha value is -5.82. The van der Waals surface area contributed by atoms with Gasteiger partial charge >= 0.3 is 11.7 Å². The fourth-order valence-electron chi connectivity index (χ4n) is 7.31. The highest BCUT2D eigenvalue weighted by atomic mass is 16.6. The first-order valence-corrected chi connectivity index (χ1v) is 17.1. The van der Waals surface area contributed by atoms with E-state index in [2.05, 4.69) is 10.3 Å². The Kier molecular flexibility index (Phi) is 9.84. The van der Waals surface area contributed by atoms with Crippen molar-refractivity contribution < 1.29 is 38.4 Å². The van der Waals surface area contributed by atoms with Crippen LogP contribution in [0.2, 0.25) is 0 Å². The topological polar surface area (TPSA) is 147 Å². The van der Waals surface area contributed by atoms with E-state index in [-0.39, 0.29) is 25.5 Å². The first kappa shape index (κ1) is 35.6. The van der Waals surface area contributed by atoms with E-state index in [0.717, 1.165) is 16.7 Å². The van der Waals surface area contributed by atoms with E-state index >= 15 is 0 Å². The number of amides is 1. The number of carbonyl (C=O) groups excluding carboxylic acids is 1. The number of rotatable bonds is 13. The van der Waals surface area contributed by atoms with Crippen LogP contribution in [0.25, 0.3) is 0 Å². The van der Waals surface area contributed by atoms with Gasteiger partial charge in [-0.1, -0.05) is 72.8 Å². The second-order valence-electron chi connectivity index (χ2n) is 13.1. The van der Waals surface area contributed by atoms with Gasteiger partial charge in [-0.2, -0.15) is 4.98 Å². The monoisotopic (exact) mass is 717 g/mol. The highest BCUT2D eigenvalue weighted by molar-refractivity contribution is 6.04. The van der Waals surface area contributed by atoms with Gasteiger partial charge in [0.1, 0.15) is 34.6 Å². The summed E-state index contributed by atoms with van der Waals surface area (Å²) in [5, 5.41) is 12.8. The van der Waals surface area contributed by atoms with Gasteiger partial charge in [0.2, 0.25) is 0 Å². The summed E-state index contributed by atoms with van der Waals surface area (Å²) in [4.78, 5) is 42.9. The molecule has 3 heterocycles. The lowest BCUT2D eigenvalue weighted by Crippen LogP contribution is -2.47. The molecule has 0 saturated carbocycles. The molecule has 0 radical (unpaired) electrons. The van der Waals surface area contributed by atoms with Crippen LogP contribution in [0.1, 0.15) is 45.3 Å². The standard InChI is InChI=1S/C41H39N3O9/c1-26-23-44(39(48)43-36(26)42-37(47)27-10-6-4-7-11-27)38-35-33(22-34(45)46)40(53-38,24-51-35)25-52-41(28-12-8-5-9-13-28,29-14-18-31(49-2)19-15-29)30-16-20-32(50-3)21-17-30/h4-21,23,33,35,38H,22,24-25H2,1-3H3,(H,45,46)(H,42,43,47,48)/t33?,35-,38+,40+/m0/s1. The number of methoxy groups -OCH3 is 2. The van der Waals surface area contributed by atoms with Crippen LogP contribution in [-0.2, 0) is 24.6 Å². The lowest BCUT2D eigenvalue weighted by Gasteiger charge is -2.40. The van der Waals surface area contributed by atoms with E-state index in [1.807, 2.05) is 78.9 Å². The number of carboxylic acids is 1. The molecule has 4 atom stereocenters. The van der Waals surface area contributed by atoms with Crippen LogP contribution in [0, 0.1) is 12.8 Å². The van der Waals surface area contributed by atoms with Crippen LogP contribution in [-0.4, -0.2) is 65.7 Å². The molecule has 12 nitrogen and oxygen atoms in total. The van der Waals surface area contributed by atoms with Crippen LogP contribution in [0.4, 0.5) is 5.82 Å². The second kappa shape index (κ2) is 14.7. The van der Waals surface area contributed by atoms with Crippen LogP contribution in [0.15, 0.2) is 120 Å². The molecule has 2 aliphatic heterocycles. The predicted molar refractivity (Wildman–Crippen MR) is 194 cm³/mol. The molecule has 5 aromatic rings. The van der Waals surface area contributed by atoms with Crippen molar-refractivity contribution >= 4 is 17.7 Å². The summed E-state index contributed by atoms with van der Waals surface area (Å²) in [6, 6.07) is 33.5. The maximum Gasteiger partial charge on any atom is 0.351 e. The van der Waals surface area contributed by atoms with E-state index < -0.39 is 47.0 Å². The van der Waals surface area contributed by atoms with E-state index in [1.165, 1.54) is 4.57 Å². The Morgan fingerprint density at radius 2 is 1.45 bits per heavy atom. The van der Waals surface area contributed by atoms with Crippen molar-refractivity contribution in [2.75, 3.05) is 32.8 Å². The molecule has 12 heteroatoms. The molecule has 4 aromatic carbocycles. The quantitative estimate of drug-likeness (QED) is 0.148. The molecule has 7 rings (SSSR count). The van der Waals surface area contributed by atoms with Gasteiger partial charge < -0.3 is 34.1 Å². The van der Waals surface area contributed by atoms with E-state index in [4.69, 9.17) is 23.7 Å². The lowest BCUT2D eigenvalue weighted by molar-refractivity contribution is -0.202. The van der Waals surface area contributed by atoms with Gasteiger partial charge in [-0.05, 0) is 60.0 Å². The Bertz CT molecular complexity index is 2090. The van der Waals surface area contributed by atoms with Gasteiger partial charge in [0.25, 0.3) is 5.91 Å². The molecule has 2 fully saturated rings. The number of hydrogen-bond acceptors (Lipinski definition) is 9. The molecular formula is C41H39N3O9. The van der Waals surface area contributed by atoms with Crippen molar-refractivity contribution in [3.05, 3.63) is 154 Å². The van der Waals surface area contributed by atoms with Gasteiger partial charge in [-0.15, -0.1) is 0 Å². The third kappa shape index (κ3) is 6.68. The number of aryl methyl sites for hydroxylation is 1. The van der Waals surface area contributed by atoms with E-state index in [9.17, 15) is 19.5 Å². The van der Waals surface area contributed by atoms with Crippen molar-refractivity contribution in [3.8, 4) is 11.5 Å². The predicted octanol–water partition coefficient (Wildman–Crippen LogP) is 5.59. The molecule has 0 aliphatic carbocycles. The summed E-state index contributed by atoms with van der Waals surface area (Å²) in [5.74, 6) is -0.699. The molecule has 272 valence electrons. The Labute approximate surface area is 305 Å². The van der Waals surface area contributed by atoms with E-state index in [0.29, 0.717) is 22.6 Å². The summed E-state index contributed by atoms with van der Waals surface area (Å²) < 4.78 is 32.4. The summed E-state index contributed by atoms with van der Waals surface area (Å²) >= 11 is 0. The molecule has 2 aliphatic rings. The lowest BCUT2D eigenvalue weighted by atomic mass is 9.79. The number of benzene rings is 4. The van der Waals surface area contributed by atoms with Crippen molar-refractivity contribution in [2.24, 2.45) is 5.92 Å². The molecule has 1 amide bonds. The summed E-state index contributed by atoms with van der Waals surface area (Å²) in [7, 11) is 3.20. The van der Waals surface area contributed by atoms with Crippen LogP contribution in [0.3, 0.4) is 0 Å². The largest absolute Gasteiger partial charge is 0.497 e. The third-order valence-corrected chi connectivity index (χ3v) is 10.0. The number of carbonyl (C=O) groups is 2. The third-order valence-electron chi connectivity index (χ3n) is 10.0. The molecule has 1 unspecified atom stereocenters. The Morgan fingerprint density at radius 3 is 2.02 bits per heavy atom. The van der Waals surface area contributed by atoms with Gasteiger partial charge in [-0.3, -0.25) is 14.2 Å². The van der Waals surface area contributed by atoms with Crippen molar-refractivity contribution in [3.63, 3.8) is 0 Å². The number of aromatic nitrogens is 2. The number of ether oxygens (including phenoxy) is 5. The van der Waals surface area contributed by atoms with Crippen molar-refractivity contribution in [1.29, 1.82) is 0 Å². The zero-order valence-corrected chi connectivity index (χ0v) is 29.4. The summed E-state index contributed by atoms with van der Waals surface area (Å²) in [6.07, 6.45) is -0.561. The Morgan fingerprint density at radius 1 is 0.887 bits per heavy atom. The molecule has 2 saturated heterocycles. The number of nitrogens with zero attached hydrogens (tertiary/aromatic N) is 2. The first-order chi connectivity index (χ1) is 25.7. The van der Waals surface area contributed by atoms with Crippen molar-refractivity contribution in [2.45, 2.75) is 36.9 Å². The zero-order chi connectivity index (χ0) is 37.2. The van der Waals surface area contributed by atoms with Crippen LogP contribution in [0.5, 0.6) is 11.5 Å². The molecule has 0 spiro atoms. The minimum atomic E-state index is -1.26. The molecule has 1 aromatic heterocycles. The maximum absolute atomic E-state index is 13.6. The fourth-order valence-corrected chi connectivity index (χ4v) is 7.31. The average molecular weight is 718 g/mol. The van der Waals surface area contributed by atoms with Gasteiger partial charge in [0, 0.05) is 23.2 Å². The number of fused-ring (bicyclic) bond motifs is 2. The first-order valence-electron chi connectivity index (χ1n) is 17.1. The highest BCUT2D eigenvalue weighted by Crippen LogP contribution is 2.52.